The Morgan fingerprint density at radius 3 is 2.44 bits per heavy atom. The first-order chi connectivity index (χ1) is 8.60. The van der Waals surface area contributed by atoms with Crippen LogP contribution >= 0.6 is 0 Å². The number of benzene rings is 1. The summed E-state index contributed by atoms with van der Waals surface area (Å²) < 4.78 is 0. The molecule has 2 rings (SSSR count). The maximum absolute atomic E-state index is 9.62. The third-order valence-electron chi connectivity index (χ3n) is 2.67. The van der Waals surface area contributed by atoms with E-state index in [0.717, 1.165) is 11.0 Å². The van der Waals surface area contributed by atoms with E-state index < -0.39 is 6.10 Å². The van der Waals surface area contributed by atoms with Crippen LogP contribution in [0.5, 0.6) is 5.75 Å². The number of pyridine rings is 1. The molecule has 0 aliphatic carbocycles. The molecule has 1 aromatic heterocycles. The number of hydrogen-bond donors (Lipinski definition) is 3. The molecule has 0 aliphatic heterocycles. The minimum Gasteiger partial charge on any atom is -0.508 e. The van der Waals surface area contributed by atoms with Gasteiger partial charge < -0.3 is 15.3 Å². The molecule has 5 heteroatoms. The van der Waals surface area contributed by atoms with Crippen molar-refractivity contribution in [1.82, 2.24) is 4.98 Å². The molecule has 2 aromatic rings. The number of aromatic hydroxyl groups is 1. The maximum atomic E-state index is 9.62. The summed E-state index contributed by atoms with van der Waals surface area (Å²) in [5.41, 5.74) is 2.96. The summed E-state index contributed by atoms with van der Waals surface area (Å²) in [6.07, 6.45) is -0.972. The van der Waals surface area contributed by atoms with Crippen molar-refractivity contribution in [2.45, 2.75) is 6.10 Å². The highest BCUT2D eigenvalue weighted by Gasteiger charge is 2.10. The summed E-state index contributed by atoms with van der Waals surface area (Å²) in [6.45, 7) is -0.356. The van der Waals surface area contributed by atoms with Crippen LogP contribution in [0.4, 0.5) is 0 Å². The van der Waals surface area contributed by atoms with Crippen molar-refractivity contribution in [1.29, 1.82) is 0 Å². The summed E-state index contributed by atoms with van der Waals surface area (Å²) in [5.74, 6) is 0.196. The van der Waals surface area contributed by atoms with Gasteiger partial charge in [0.25, 0.3) is 0 Å². The highest BCUT2D eigenvalue weighted by atomic mass is 16.3. The highest BCUT2D eigenvalue weighted by molar-refractivity contribution is 6.32. The number of hydrogen-bond acceptors (Lipinski definition) is 4. The zero-order valence-electron chi connectivity index (χ0n) is 10.0. The number of phenolic OH excluding ortho intramolecular Hbond substituents is 1. The summed E-state index contributed by atoms with van der Waals surface area (Å²) in [7, 11) is 1.90. The lowest BCUT2D eigenvalue weighted by atomic mass is 9.93. The number of aromatic nitrogens is 1. The van der Waals surface area contributed by atoms with E-state index in [1.54, 1.807) is 30.3 Å². The molecule has 18 heavy (non-hydrogen) atoms. The Labute approximate surface area is 106 Å². The minimum atomic E-state index is -0.972. The van der Waals surface area contributed by atoms with Crippen LogP contribution in [0, 0.1) is 0 Å². The van der Waals surface area contributed by atoms with Crippen LogP contribution < -0.4 is 5.46 Å². The van der Waals surface area contributed by atoms with Crippen LogP contribution in [0.25, 0.3) is 11.3 Å². The number of nitrogens with zero attached hydrogens (tertiary/aromatic N) is 1. The molecule has 1 atom stereocenters. The average molecular weight is 243 g/mol. The second kappa shape index (κ2) is 5.20. The largest absolute Gasteiger partial charge is 0.508 e. The van der Waals surface area contributed by atoms with Gasteiger partial charge in [0.15, 0.2) is 0 Å². The number of aliphatic hydroxyl groups is 2. The zero-order chi connectivity index (χ0) is 13.1. The van der Waals surface area contributed by atoms with E-state index in [0.29, 0.717) is 11.4 Å². The zero-order valence-corrected chi connectivity index (χ0v) is 10.0. The van der Waals surface area contributed by atoms with E-state index in [1.165, 1.54) is 0 Å². The fourth-order valence-corrected chi connectivity index (χ4v) is 1.74. The van der Waals surface area contributed by atoms with E-state index >= 15 is 0 Å². The Morgan fingerprint density at radius 2 is 1.83 bits per heavy atom. The monoisotopic (exact) mass is 243 g/mol. The molecule has 3 N–H and O–H groups in total. The van der Waals surface area contributed by atoms with Crippen LogP contribution in [-0.4, -0.2) is 34.8 Å². The first-order valence-electron chi connectivity index (χ1n) is 5.67. The second-order valence-electron chi connectivity index (χ2n) is 4.20. The van der Waals surface area contributed by atoms with Crippen LogP contribution in [0.3, 0.4) is 0 Å². The third kappa shape index (κ3) is 2.69. The van der Waals surface area contributed by atoms with E-state index in [4.69, 9.17) is 5.11 Å². The minimum absolute atomic E-state index is 0.196. The molecule has 0 saturated heterocycles. The standard InChI is InChI=1S/C13H14BNO3/c14-9-5-11(8-1-3-10(17)4-2-8)15-12(6-9)13(18)7-16/h1-6,13,16-18H,7,14H2. The molecular formula is C13H14BNO3. The molecule has 0 fully saturated rings. The van der Waals surface area contributed by atoms with E-state index in [9.17, 15) is 10.2 Å². The van der Waals surface area contributed by atoms with E-state index in [2.05, 4.69) is 4.98 Å². The normalized spacial score (nSPS) is 12.3. The van der Waals surface area contributed by atoms with Gasteiger partial charge in [-0.25, -0.2) is 0 Å². The van der Waals surface area contributed by atoms with E-state index in [1.807, 2.05) is 13.9 Å². The van der Waals surface area contributed by atoms with Gasteiger partial charge >= 0.3 is 0 Å². The van der Waals surface area contributed by atoms with Crippen molar-refractivity contribution in [3.8, 4) is 17.0 Å². The second-order valence-corrected chi connectivity index (χ2v) is 4.20. The first-order valence-corrected chi connectivity index (χ1v) is 5.67. The van der Waals surface area contributed by atoms with Crippen LogP contribution in [0.1, 0.15) is 11.8 Å². The SMILES string of the molecule is Bc1cc(-c2ccc(O)cc2)nc(C(O)CO)c1. The van der Waals surface area contributed by atoms with Gasteiger partial charge in [-0.2, -0.15) is 0 Å². The fourth-order valence-electron chi connectivity index (χ4n) is 1.74. The van der Waals surface area contributed by atoms with Gasteiger partial charge in [0.1, 0.15) is 19.7 Å². The predicted molar refractivity (Wildman–Crippen MR) is 71.6 cm³/mol. The summed E-state index contributed by atoms with van der Waals surface area (Å²) in [6, 6.07) is 10.3. The fraction of sp³-hybridized carbons (Fsp3) is 0.154. The maximum Gasteiger partial charge on any atom is 0.139 e. The third-order valence-corrected chi connectivity index (χ3v) is 2.67. The molecule has 0 saturated carbocycles. The van der Waals surface area contributed by atoms with Crippen LogP contribution in [0.2, 0.25) is 0 Å². The smallest absolute Gasteiger partial charge is 0.139 e. The lowest BCUT2D eigenvalue weighted by Gasteiger charge is -2.10. The van der Waals surface area contributed by atoms with Crippen molar-refractivity contribution in [2.24, 2.45) is 0 Å². The lowest BCUT2D eigenvalue weighted by molar-refractivity contribution is 0.0924. The van der Waals surface area contributed by atoms with Gasteiger partial charge in [-0.3, -0.25) is 4.98 Å². The molecule has 4 nitrogen and oxygen atoms in total. The molecule has 0 aliphatic rings. The Bertz CT molecular complexity index is 542. The number of phenols is 1. The number of rotatable bonds is 3. The van der Waals surface area contributed by atoms with Crippen molar-refractivity contribution < 1.29 is 15.3 Å². The molecule has 0 amide bonds. The Morgan fingerprint density at radius 1 is 1.17 bits per heavy atom. The van der Waals surface area contributed by atoms with Crippen molar-refractivity contribution in [2.75, 3.05) is 6.61 Å². The summed E-state index contributed by atoms with van der Waals surface area (Å²) in [4.78, 5) is 4.31. The molecule has 1 unspecified atom stereocenters. The van der Waals surface area contributed by atoms with Gasteiger partial charge in [0.05, 0.1) is 18.0 Å². The molecule has 0 spiro atoms. The van der Waals surface area contributed by atoms with Crippen molar-refractivity contribution >= 4 is 13.3 Å². The summed E-state index contributed by atoms with van der Waals surface area (Å²) >= 11 is 0. The molecule has 0 radical (unpaired) electrons. The molecule has 92 valence electrons. The van der Waals surface area contributed by atoms with Crippen LogP contribution in [0.15, 0.2) is 36.4 Å². The van der Waals surface area contributed by atoms with Gasteiger partial charge in [-0.15, -0.1) is 0 Å². The number of aliphatic hydroxyl groups excluding tert-OH is 2. The molecule has 1 aromatic carbocycles. The van der Waals surface area contributed by atoms with Crippen molar-refractivity contribution in [3.05, 3.63) is 42.1 Å². The Hall–Kier alpha value is -1.85. The van der Waals surface area contributed by atoms with Gasteiger partial charge in [0, 0.05) is 5.56 Å². The Balaban J connectivity index is 2.44. The molecule has 1 heterocycles. The summed E-state index contributed by atoms with van der Waals surface area (Å²) in [5, 5.41) is 27.8. The topological polar surface area (TPSA) is 73.6 Å². The van der Waals surface area contributed by atoms with Crippen molar-refractivity contribution in [3.63, 3.8) is 0 Å². The lowest BCUT2D eigenvalue weighted by Crippen LogP contribution is -2.12. The predicted octanol–water partition coefficient (Wildman–Crippen LogP) is -0.262. The van der Waals surface area contributed by atoms with Crippen LogP contribution in [-0.2, 0) is 0 Å². The molecule has 0 bridgehead atoms. The quantitative estimate of drug-likeness (QED) is 0.649. The van der Waals surface area contributed by atoms with Gasteiger partial charge in [-0.05, 0) is 36.4 Å². The first kappa shape index (κ1) is 12.6. The highest BCUT2D eigenvalue weighted by Crippen LogP contribution is 2.21. The van der Waals surface area contributed by atoms with Gasteiger partial charge in [0.2, 0.25) is 0 Å². The average Bonchev–Trinajstić information content (AvgIpc) is 2.38. The van der Waals surface area contributed by atoms with Gasteiger partial charge in [-0.1, -0.05) is 5.46 Å². The molecular weight excluding hydrogens is 229 g/mol. The Kier molecular flexibility index (Phi) is 3.65. The van der Waals surface area contributed by atoms with E-state index in [-0.39, 0.29) is 12.4 Å².